The number of hydrogen-bond acceptors (Lipinski definition) is 5. The van der Waals surface area contributed by atoms with Crippen LogP contribution in [0.4, 0.5) is 0 Å². The van der Waals surface area contributed by atoms with Crippen molar-refractivity contribution in [3.8, 4) is 0 Å². The fourth-order valence-electron chi connectivity index (χ4n) is 2.07. The maximum Gasteiger partial charge on any atom is 0.0954 e. The highest BCUT2D eigenvalue weighted by molar-refractivity contribution is 8.07. The maximum atomic E-state index is 10.5. The zero-order chi connectivity index (χ0) is 14.9. The Bertz CT molecular complexity index is 441. The van der Waals surface area contributed by atoms with Gasteiger partial charge in [-0.1, -0.05) is 34.6 Å². The molecule has 0 amide bonds. The summed E-state index contributed by atoms with van der Waals surface area (Å²) in [5.41, 5.74) is 1.23. The van der Waals surface area contributed by atoms with Crippen LogP contribution in [0, 0.1) is 0 Å². The second kappa shape index (κ2) is 6.59. The average Bonchev–Trinajstić information content (AvgIpc) is 2.81. The molecule has 0 saturated carbocycles. The summed E-state index contributed by atoms with van der Waals surface area (Å²) >= 11 is 5.61. The third kappa shape index (κ3) is 4.15. The number of rotatable bonds is 3. The van der Waals surface area contributed by atoms with Crippen molar-refractivity contribution >= 4 is 34.9 Å². The molecule has 2 heterocycles. The zero-order valence-electron chi connectivity index (χ0n) is 12.9. The predicted molar refractivity (Wildman–Crippen MR) is 93.3 cm³/mol. The lowest BCUT2D eigenvalue weighted by molar-refractivity contribution is 0.177. The Morgan fingerprint density at radius 1 is 1.35 bits per heavy atom. The van der Waals surface area contributed by atoms with Crippen molar-refractivity contribution in [1.82, 2.24) is 4.98 Å². The van der Waals surface area contributed by atoms with Crippen molar-refractivity contribution in [3.05, 3.63) is 16.1 Å². The lowest BCUT2D eigenvalue weighted by Gasteiger charge is -2.33. The van der Waals surface area contributed by atoms with Gasteiger partial charge in [0, 0.05) is 38.7 Å². The molecule has 5 heteroatoms. The van der Waals surface area contributed by atoms with Crippen molar-refractivity contribution in [2.45, 2.75) is 68.3 Å². The normalized spacial score (nSPS) is 29.4. The molecule has 20 heavy (non-hydrogen) atoms. The van der Waals surface area contributed by atoms with Gasteiger partial charge in [-0.05, 0) is 0 Å². The maximum absolute atomic E-state index is 10.5. The lowest BCUT2D eigenvalue weighted by atomic mass is 9.93. The van der Waals surface area contributed by atoms with E-state index in [4.69, 9.17) is 4.98 Å². The van der Waals surface area contributed by atoms with Gasteiger partial charge in [-0.15, -0.1) is 11.3 Å². The molecule has 0 spiro atoms. The van der Waals surface area contributed by atoms with Gasteiger partial charge in [0.1, 0.15) is 0 Å². The van der Waals surface area contributed by atoms with E-state index in [1.807, 2.05) is 23.5 Å². The monoisotopic (exact) mass is 331 g/mol. The van der Waals surface area contributed by atoms with E-state index in [0.717, 1.165) is 16.5 Å². The molecule has 1 aromatic heterocycles. The van der Waals surface area contributed by atoms with Gasteiger partial charge >= 0.3 is 0 Å². The van der Waals surface area contributed by atoms with Gasteiger partial charge in [-0.25, -0.2) is 4.98 Å². The highest BCUT2D eigenvalue weighted by Crippen LogP contribution is 2.37. The quantitative estimate of drug-likeness (QED) is 0.908. The van der Waals surface area contributed by atoms with E-state index in [-0.39, 0.29) is 11.5 Å². The van der Waals surface area contributed by atoms with E-state index in [1.165, 1.54) is 0 Å². The Hall–Kier alpha value is 0.290. The first-order chi connectivity index (χ1) is 9.27. The first-order valence-electron chi connectivity index (χ1n) is 7.17. The van der Waals surface area contributed by atoms with Crippen LogP contribution in [0.3, 0.4) is 0 Å². The largest absolute Gasteiger partial charge is 0.392 e. The summed E-state index contributed by atoms with van der Waals surface area (Å²) in [6, 6.07) is 0. The molecule has 1 aromatic rings. The number of nitrogens with zero attached hydrogens (tertiary/aromatic N) is 1. The molecule has 2 nitrogen and oxygen atoms in total. The van der Waals surface area contributed by atoms with Gasteiger partial charge in [0.2, 0.25) is 0 Å². The predicted octanol–water partition coefficient (Wildman–Crippen LogP) is 3.97. The van der Waals surface area contributed by atoms with Gasteiger partial charge in [0.05, 0.1) is 16.8 Å². The minimum absolute atomic E-state index is 0.0963. The third-order valence-corrected chi connectivity index (χ3v) is 8.11. The molecule has 0 radical (unpaired) electrons. The third-order valence-electron chi connectivity index (χ3n) is 3.71. The molecule has 0 bridgehead atoms. The van der Waals surface area contributed by atoms with Crippen LogP contribution in [0.1, 0.15) is 45.3 Å². The van der Waals surface area contributed by atoms with Crippen molar-refractivity contribution in [3.63, 3.8) is 0 Å². The van der Waals surface area contributed by atoms with E-state index in [2.05, 4.69) is 40.0 Å². The van der Waals surface area contributed by atoms with Crippen LogP contribution in [0.25, 0.3) is 0 Å². The van der Waals surface area contributed by atoms with Crippen molar-refractivity contribution < 1.29 is 5.11 Å². The summed E-state index contributed by atoms with van der Waals surface area (Å²) < 4.78 is 0. The minimum atomic E-state index is -0.276. The standard InChI is InChI=1S/C15H25NOS3/c1-9-10(2)20-12(7-18-9)11(17)6-14-16-13(8-19-14)15(3,4)5/h8-12,17H,6-7H2,1-5H3. The Morgan fingerprint density at radius 3 is 2.60 bits per heavy atom. The van der Waals surface area contributed by atoms with Crippen LogP contribution in [-0.2, 0) is 11.8 Å². The average molecular weight is 332 g/mol. The van der Waals surface area contributed by atoms with Crippen LogP contribution in [0.2, 0.25) is 0 Å². The number of hydrogen-bond donors (Lipinski definition) is 1. The molecule has 0 aliphatic carbocycles. The minimum Gasteiger partial charge on any atom is -0.392 e. The number of thiazole rings is 1. The molecule has 4 unspecified atom stereocenters. The summed E-state index contributed by atoms with van der Waals surface area (Å²) in [5.74, 6) is 1.05. The second-order valence-electron chi connectivity index (χ2n) is 6.57. The number of thioether (sulfide) groups is 2. The molecular weight excluding hydrogens is 306 g/mol. The van der Waals surface area contributed by atoms with E-state index in [9.17, 15) is 5.11 Å². The Morgan fingerprint density at radius 2 is 2.05 bits per heavy atom. The van der Waals surface area contributed by atoms with Crippen LogP contribution in [0.15, 0.2) is 5.38 Å². The Labute approximate surface area is 135 Å². The van der Waals surface area contributed by atoms with Gasteiger partial charge in [-0.3, -0.25) is 0 Å². The topological polar surface area (TPSA) is 33.1 Å². The fraction of sp³-hybridized carbons (Fsp3) is 0.800. The van der Waals surface area contributed by atoms with Crippen LogP contribution in [-0.4, -0.2) is 37.7 Å². The molecule has 4 atom stereocenters. The molecule has 1 aliphatic heterocycles. The summed E-state index contributed by atoms with van der Waals surface area (Å²) in [6.07, 6.45) is 0.418. The summed E-state index contributed by atoms with van der Waals surface area (Å²) in [4.78, 5) is 4.69. The molecule has 1 saturated heterocycles. The fourth-order valence-corrected chi connectivity index (χ4v) is 6.16. The summed E-state index contributed by atoms with van der Waals surface area (Å²) in [7, 11) is 0. The molecule has 1 fully saturated rings. The van der Waals surface area contributed by atoms with Crippen molar-refractivity contribution in [2.24, 2.45) is 0 Å². The molecular formula is C15H25NOS3. The molecule has 0 aromatic carbocycles. The highest BCUT2D eigenvalue weighted by atomic mass is 32.2. The van der Waals surface area contributed by atoms with Crippen molar-refractivity contribution in [2.75, 3.05) is 5.75 Å². The number of aromatic nitrogens is 1. The zero-order valence-corrected chi connectivity index (χ0v) is 15.4. The highest BCUT2D eigenvalue weighted by Gasteiger charge is 2.31. The lowest BCUT2D eigenvalue weighted by Crippen LogP contribution is -2.35. The van der Waals surface area contributed by atoms with Gasteiger partial charge < -0.3 is 5.11 Å². The van der Waals surface area contributed by atoms with E-state index in [0.29, 0.717) is 22.2 Å². The molecule has 114 valence electrons. The Kier molecular flexibility index (Phi) is 5.49. The SMILES string of the molecule is CC1SCC(C(O)Cc2nc(C(C)(C)C)cs2)SC1C. The van der Waals surface area contributed by atoms with Gasteiger partial charge in [0.25, 0.3) is 0 Å². The van der Waals surface area contributed by atoms with Crippen LogP contribution < -0.4 is 0 Å². The first kappa shape index (κ1) is 16.7. The van der Waals surface area contributed by atoms with E-state index in [1.54, 1.807) is 11.3 Å². The van der Waals surface area contributed by atoms with E-state index >= 15 is 0 Å². The van der Waals surface area contributed by atoms with E-state index < -0.39 is 0 Å². The summed E-state index contributed by atoms with van der Waals surface area (Å²) in [6.45, 7) is 11.1. The molecule has 2 rings (SSSR count). The Balaban J connectivity index is 1.94. The molecule has 1 aliphatic rings. The smallest absolute Gasteiger partial charge is 0.0954 e. The second-order valence-corrected chi connectivity index (χ2v) is 10.5. The first-order valence-corrected chi connectivity index (χ1v) is 10.0. The van der Waals surface area contributed by atoms with Crippen LogP contribution >= 0.6 is 34.9 Å². The molecule has 1 N–H and O–H groups in total. The van der Waals surface area contributed by atoms with Gasteiger partial charge in [-0.2, -0.15) is 23.5 Å². The van der Waals surface area contributed by atoms with Crippen LogP contribution in [0.5, 0.6) is 0 Å². The van der Waals surface area contributed by atoms with Gasteiger partial charge in [0.15, 0.2) is 0 Å². The summed E-state index contributed by atoms with van der Waals surface area (Å²) in [5, 5.41) is 15.3. The number of aliphatic hydroxyl groups is 1. The number of aliphatic hydroxyl groups excluding tert-OH is 1. The van der Waals surface area contributed by atoms with Crippen molar-refractivity contribution in [1.29, 1.82) is 0 Å².